The molecule has 0 aromatic carbocycles. The summed E-state index contributed by atoms with van der Waals surface area (Å²) in [6.07, 6.45) is -1.92. The Hall–Kier alpha value is -0.290. The van der Waals surface area contributed by atoms with Crippen molar-refractivity contribution in [2.45, 2.75) is 25.9 Å². The van der Waals surface area contributed by atoms with Gasteiger partial charge in [0.1, 0.15) is 0 Å². The van der Waals surface area contributed by atoms with Crippen LogP contribution in [0.4, 0.5) is 13.2 Å². The minimum atomic E-state index is -4.09. The van der Waals surface area contributed by atoms with E-state index in [0.717, 1.165) is 19.4 Å². The van der Waals surface area contributed by atoms with Gasteiger partial charge >= 0.3 is 6.18 Å². The summed E-state index contributed by atoms with van der Waals surface area (Å²) in [5.74, 6) is 0. The van der Waals surface area contributed by atoms with Gasteiger partial charge in [0, 0.05) is 13.1 Å². The van der Waals surface area contributed by atoms with Gasteiger partial charge in [-0.3, -0.25) is 0 Å². The molecule has 0 aromatic heterocycles. The lowest BCUT2D eigenvalue weighted by molar-refractivity contribution is -0.124. The predicted octanol–water partition coefficient (Wildman–Crippen LogP) is 1.53. The smallest absolute Gasteiger partial charge is 0.315 e. The summed E-state index contributed by atoms with van der Waals surface area (Å²) in [5, 5.41) is 5.36. The zero-order valence-corrected chi connectivity index (χ0v) is 7.88. The first-order valence-corrected chi connectivity index (χ1v) is 4.54. The average molecular weight is 198 g/mol. The van der Waals surface area contributed by atoms with Gasteiger partial charge in [0.05, 0.1) is 6.54 Å². The third-order valence-corrected chi connectivity index (χ3v) is 1.51. The molecule has 2 N–H and O–H groups in total. The SMILES string of the molecule is CCCCNCCNCC(F)(F)F. The van der Waals surface area contributed by atoms with Crippen molar-refractivity contribution < 1.29 is 13.2 Å². The topological polar surface area (TPSA) is 24.1 Å². The molecule has 0 amide bonds. The summed E-state index contributed by atoms with van der Waals surface area (Å²) in [6, 6.07) is 0. The highest BCUT2D eigenvalue weighted by atomic mass is 19.4. The van der Waals surface area contributed by atoms with Crippen molar-refractivity contribution in [2.75, 3.05) is 26.2 Å². The third-order valence-electron chi connectivity index (χ3n) is 1.51. The van der Waals surface area contributed by atoms with Crippen LogP contribution in [-0.2, 0) is 0 Å². The van der Waals surface area contributed by atoms with Crippen LogP contribution in [0.3, 0.4) is 0 Å². The van der Waals surface area contributed by atoms with E-state index >= 15 is 0 Å². The van der Waals surface area contributed by atoms with E-state index in [1.807, 2.05) is 0 Å². The van der Waals surface area contributed by atoms with E-state index in [4.69, 9.17) is 0 Å². The van der Waals surface area contributed by atoms with Crippen LogP contribution in [0.2, 0.25) is 0 Å². The van der Waals surface area contributed by atoms with Crippen LogP contribution in [-0.4, -0.2) is 32.4 Å². The molecule has 0 spiro atoms. The van der Waals surface area contributed by atoms with Gasteiger partial charge < -0.3 is 10.6 Å². The van der Waals surface area contributed by atoms with Crippen molar-refractivity contribution in [2.24, 2.45) is 0 Å². The lowest BCUT2D eigenvalue weighted by Gasteiger charge is -2.08. The zero-order valence-electron chi connectivity index (χ0n) is 7.88. The molecule has 0 atom stereocenters. The average Bonchev–Trinajstić information content (AvgIpc) is 2.01. The molecule has 0 radical (unpaired) electrons. The first-order chi connectivity index (χ1) is 6.06. The number of alkyl halides is 3. The lowest BCUT2D eigenvalue weighted by atomic mass is 10.3. The van der Waals surface area contributed by atoms with Crippen LogP contribution in [0, 0.1) is 0 Å². The summed E-state index contributed by atoms with van der Waals surface area (Å²) in [6.45, 7) is 3.01. The fraction of sp³-hybridized carbons (Fsp3) is 1.00. The van der Waals surface area contributed by atoms with Gasteiger partial charge in [-0.05, 0) is 13.0 Å². The molecule has 0 aliphatic heterocycles. The van der Waals surface area contributed by atoms with E-state index in [2.05, 4.69) is 17.6 Å². The van der Waals surface area contributed by atoms with E-state index in [1.54, 1.807) is 0 Å². The molecular weight excluding hydrogens is 181 g/mol. The summed E-state index contributed by atoms with van der Waals surface area (Å²) in [4.78, 5) is 0. The van der Waals surface area contributed by atoms with Crippen LogP contribution in [0.5, 0.6) is 0 Å². The number of unbranched alkanes of at least 4 members (excludes halogenated alkanes) is 1. The van der Waals surface area contributed by atoms with Gasteiger partial charge in [0.2, 0.25) is 0 Å². The molecule has 0 heterocycles. The molecule has 0 aromatic rings. The second-order valence-corrected chi connectivity index (χ2v) is 2.90. The Kier molecular flexibility index (Phi) is 6.99. The van der Waals surface area contributed by atoms with Gasteiger partial charge in [-0.2, -0.15) is 13.2 Å². The molecule has 13 heavy (non-hydrogen) atoms. The molecule has 0 fully saturated rings. The second-order valence-electron chi connectivity index (χ2n) is 2.90. The highest BCUT2D eigenvalue weighted by Crippen LogP contribution is 2.11. The molecule has 0 saturated carbocycles. The van der Waals surface area contributed by atoms with E-state index in [1.165, 1.54) is 0 Å². The van der Waals surface area contributed by atoms with Crippen LogP contribution in [0.15, 0.2) is 0 Å². The molecule has 0 aliphatic rings. The molecular formula is C8H17F3N2. The maximum Gasteiger partial charge on any atom is 0.401 e. The van der Waals surface area contributed by atoms with E-state index < -0.39 is 12.7 Å². The minimum Gasteiger partial charge on any atom is -0.315 e. The van der Waals surface area contributed by atoms with Crippen LogP contribution in [0.1, 0.15) is 19.8 Å². The van der Waals surface area contributed by atoms with Crippen molar-refractivity contribution in [1.29, 1.82) is 0 Å². The van der Waals surface area contributed by atoms with E-state index in [-0.39, 0.29) is 0 Å². The number of hydrogen-bond acceptors (Lipinski definition) is 2. The van der Waals surface area contributed by atoms with Gasteiger partial charge in [-0.15, -0.1) is 0 Å². The van der Waals surface area contributed by atoms with Gasteiger partial charge in [0.15, 0.2) is 0 Å². The lowest BCUT2D eigenvalue weighted by Crippen LogP contribution is -2.34. The summed E-state index contributed by atoms with van der Waals surface area (Å²) >= 11 is 0. The Labute approximate surface area is 76.9 Å². The molecule has 0 bridgehead atoms. The van der Waals surface area contributed by atoms with E-state index in [9.17, 15) is 13.2 Å². The molecule has 0 aliphatic carbocycles. The highest BCUT2D eigenvalue weighted by Gasteiger charge is 2.25. The standard InChI is InChI=1S/C8H17F3N2/c1-2-3-4-12-5-6-13-7-8(9,10)11/h12-13H,2-7H2,1H3. The van der Waals surface area contributed by atoms with Crippen LogP contribution < -0.4 is 10.6 Å². The Balaban J connectivity index is 3.00. The van der Waals surface area contributed by atoms with Gasteiger partial charge in [-0.1, -0.05) is 13.3 Å². The maximum absolute atomic E-state index is 11.6. The molecule has 0 rings (SSSR count). The van der Waals surface area contributed by atoms with Crippen molar-refractivity contribution in [3.63, 3.8) is 0 Å². The van der Waals surface area contributed by atoms with Crippen molar-refractivity contribution in [3.05, 3.63) is 0 Å². The highest BCUT2D eigenvalue weighted by molar-refractivity contribution is 4.57. The predicted molar refractivity (Wildman–Crippen MR) is 46.7 cm³/mol. The second kappa shape index (κ2) is 7.15. The Bertz CT molecular complexity index is 114. The molecule has 80 valence electrons. The van der Waals surface area contributed by atoms with Crippen molar-refractivity contribution >= 4 is 0 Å². The first-order valence-electron chi connectivity index (χ1n) is 4.54. The molecule has 0 unspecified atom stereocenters. The number of halogens is 3. The fourth-order valence-electron chi connectivity index (χ4n) is 0.834. The summed E-state index contributed by atoms with van der Waals surface area (Å²) < 4.78 is 34.8. The minimum absolute atomic E-state index is 0.364. The number of hydrogen-bond donors (Lipinski definition) is 2. The fourth-order valence-corrected chi connectivity index (χ4v) is 0.834. The van der Waals surface area contributed by atoms with E-state index in [0.29, 0.717) is 13.1 Å². The monoisotopic (exact) mass is 198 g/mol. The number of rotatable bonds is 7. The Morgan fingerprint density at radius 3 is 2.15 bits per heavy atom. The summed E-state index contributed by atoms with van der Waals surface area (Å²) in [7, 11) is 0. The largest absolute Gasteiger partial charge is 0.401 e. The first kappa shape index (κ1) is 12.7. The van der Waals surface area contributed by atoms with Crippen LogP contribution >= 0.6 is 0 Å². The van der Waals surface area contributed by atoms with Gasteiger partial charge in [0.25, 0.3) is 0 Å². The Morgan fingerprint density at radius 2 is 1.62 bits per heavy atom. The normalized spacial score (nSPS) is 12.0. The number of nitrogens with one attached hydrogen (secondary N) is 2. The molecule has 2 nitrogen and oxygen atoms in total. The zero-order chi connectivity index (χ0) is 10.2. The van der Waals surface area contributed by atoms with Crippen LogP contribution in [0.25, 0.3) is 0 Å². The quantitative estimate of drug-likeness (QED) is 0.606. The summed E-state index contributed by atoms with van der Waals surface area (Å²) in [5.41, 5.74) is 0. The van der Waals surface area contributed by atoms with Crippen molar-refractivity contribution in [3.8, 4) is 0 Å². The molecule has 5 heteroatoms. The third kappa shape index (κ3) is 11.7. The molecule has 0 saturated heterocycles. The van der Waals surface area contributed by atoms with Crippen molar-refractivity contribution in [1.82, 2.24) is 10.6 Å². The maximum atomic E-state index is 11.6. The Morgan fingerprint density at radius 1 is 1.00 bits per heavy atom. The van der Waals surface area contributed by atoms with Gasteiger partial charge in [-0.25, -0.2) is 0 Å².